The van der Waals surface area contributed by atoms with E-state index < -0.39 is 0 Å². The highest BCUT2D eigenvalue weighted by atomic mass is 15.1. The van der Waals surface area contributed by atoms with Crippen molar-refractivity contribution in [3.63, 3.8) is 0 Å². The Labute approximate surface area is 123 Å². The first-order valence-electron chi connectivity index (χ1n) is 8.48. The average Bonchev–Trinajstić information content (AvgIpc) is 2.77. The van der Waals surface area contributed by atoms with Crippen LogP contribution in [-0.2, 0) is 7.05 Å². The zero-order chi connectivity index (χ0) is 14.1. The number of anilines is 1. The number of hydrogen-bond donors (Lipinski definition) is 1. The van der Waals surface area contributed by atoms with Crippen molar-refractivity contribution in [2.75, 3.05) is 5.73 Å². The molecule has 0 bridgehead atoms. The maximum atomic E-state index is 6.38. The fourth-order valence-corrected chi connectivity index (χ4v) is 4.11. The second-order valence-electron chi connectivity index (χ2n) is 7.09. The summed E-state index contributed by atoms with van der Waals surface area (Å²) in [6, 6.07) is 0. The van der Waals surface area contributed by atoms with Crippen molar-refractivity contribution in [3.8, 4) is 0 Å². The summed E-state index contributed by atoms with van der Waals surface area (Å²) in [5.74, 6) is 4.33. The Morgan fingerprint density at radius 3 is 2.25 bits per heavy atom. The van der Waals surface area contributed by atoms with Crippen LogP contribution in [-0.4, -0.2) is 9.55 Å². The molecular formula is C17H29N3. The van der Waals surface area contributed by atoms with Gasteiger partial charge in [-0.1, -0.05) is 39.0 Å². The number of aromatic nitrogens is 2. The van der Waals surface area contributed by atoms with Gasteiger partial charge in [0.05, 0.1) is 5.69 Å². The largest absolute Gasteiger partial charge is 0.384 e. The number of nitrogen functional groups attached to an aromatic ring is 1. The van der Waals surface area contributed by atoms with Crippen LogP contribution in [0.4, 0.5) is 5.82 Å². The third kappa shape index (κ3) is 2.59. The van der Waals surface area contributed by atoms with Crippen molar-refractivity contribution in [1.82, 2.24) is 9.55 Å². The van der Waals surface area contributed by atoms with Gasteiger partial charge in [0.1, 0.15) is 11.6 Å². The van der Waals surface area contributed by atoms with Crippen molar-refractivity contribution in [2.45, 2.75) is 76.5 Å². The van der Waals surface area contributed by atoms with Gasteiger partial charge in [0.25, 0.3) is 0 Å². The van der Waals surface area contributed by atoms with Crippen LogP contribution in [0.15, 0.2) is 0 Å². The fourth-order valence-electron chi connectivity index (χ4n) is 4.11. The average molecular weight is 275 g/mol. The van der Waals surface area contributed by atoms with E-state index in [0.717, 1.165) is 11.7 Å². The normalized spacial score (nSPS) is 28.7. The second-order valence-corrected chi connectivity index (χ2v) is 7.09. The van der Waals surface area contributed by atoms with Crippen molar-refractivity contribution in [3.05, 3.63) is 11.5 Å². The molecule has 2 aliphatic carbocycles. The molecule has 0 atom stereocenters. The van der Waals surface area contributed by atoms with Gasteiger partial charge in [-0.3, -0.25) is 0 Å². The van der Waals surface area contributed by atoms with Gasteiger partial charge in [0.2, 0.25) is 0 Å². The molecule has 0 aromatic carbocycles. The number of rotatable bonds is 2. The van der Waals surface area contributed by atoms with Crippen LogP contribution in [0.1, 0.15) is 88.1 Å². The molecule has 1 aromatic rings. The highest BCUT2D eigenvalue weighted by Crippen LogP contribution is 2.40. The molecule has 3 rings (SSSR count). The zero-order valence-electron chi connectivity index (χ0n) is 13.1. The lowest BCUT2D eigenvalue weighted by molar-refractivity contribution is 0.344. The first-order chi connectivity index (χ1) is 9.66. The molecule has 0 radical (unpaired) electrons. The van der Waals surface area contributed by atoms with Crippen LogP contribution in [0.5, 0.6) is 0 Å². The van der Waals surface area contributed by atoms with Crippen LogP contribution in [0.3, 0.4) is 0 Å². The van der Waals surface area contributed by atoms with Crippen LogP contribution >= 0.6 is 0 Å². The van der Waals surface area contributed by atoms with Gasteiger partial charge in [-0.05, 0) is 31.6 Å². The van der Waals surface area contributed by atoms with Gasteiger partial charge >= 0.3 is 0 Å². The van der Waals surface area contributed by atoms with Crippen LogP contribution in [0.2, 0.25) is 0 Å². The zero-order valence-corrected chi connectivity index (χ0v) is 13.1. The number of hydrogen-bond acceptors (Lipinski definition) is 2. The molecule has 1 heterocycles. The quantitative estimate of drug-likeness (QED) is 0.872. The maximum Gasteiger partial charge on any atom is 0.126 e. The Bertz CT molecular complexity index is 449. The Hall–Kier alpha value is -0.990. The van der Waals surface area contributed by atoms with Crippen LogP contribution in [0, 0.1) is 5.92 Å². The predicted octanol–water partition coefficient (Wildman–Crippen LogP) is 4.34. The molecule has 2 fully saturated rings. The number of nitrogens with zero attached hydrogens (tertiary/aromatic N) is 2. The molecule has 0 spiro atoms. The summed E-state index contributed by atoms with van der Waals surface area (Å²) in [4.78, 5) is 5.02. The standard InChI is InChI=1S/C17H29N3/c1-12-8-10-13(11-9-12)15-16(18)20(2)17(19-15)14-6-4-3-5-7-14/h12-14H,3-11,18H2,1-2H3. The van der Waals surface area contributed by atoms with Gasteiger partial charge in [0.15, 0.2) is 0 Å². The van der Waals surface area contributed by atoms with Gasteiger partial charge in [-0.25, -0.2) is 4.98 Å². The van der Waals surface area contributed by atoms with Gasteiger partial charge in [0, 0.05) is 18.9 Å². The molecule has 20 heavy (non-hydrogen) atoms. The summed E-state index contributed by atoms with van der Waals surface area (Å²) in [5.41, 5.74) is 7.58. The molecule has 2 N–H and O–H groups in total. The molecule has 0 aliphatic heterocycles. The molecule has 1 aromatic heterocycles. The van der Waals surface area contributed by atoms with Crippen molar-refractivity contribution >= 4 is 5.82 Å². The molecule has 2 saturated carbocycles. The fraction of sp³-hybridized carbons (Fsp3) is 0.824. The van der Waals surface area contributed by atoms with Crippen molar-refractivity contribution in [2.24, 2.45) is 13.0 Å². The summed E-state index contributed by atoms with van der Waals surface area (Å²) in [6.07, 6.45) is 11.9. The SMILES string of the molecule is CC1CCC(c2nc(C3CCCCC3)n(C)c2N)CC1. The Morgan fingerprint density at radius 1 is 0.950 bits per heavy atom. The van der Waals surface area contributed by atoms with Gasteiger partial charge in [-0.15, -0.1) is 0 Å². The summed E-state index contributed by atoms with van der Waals surface area (Å²) in [7, 11) is 2.11. The Kier molecular flexibility index (Phi) is 4.04. The second kappa shape index (κ2) is 5.79. The maximum absolute atomic E-state index is 6.38. The Morgan fingerprint density at radius 2 is 1.60 bits per heavy atom. The molecule has 2 aliphatic rings. The van der Waals surface area contributed by atoms with E-state index in [0.29, 0.717) is 11.8 Å². The molecule has 0 amide bonds. The van der Waals surface area contributed by atoms with Crippen molar-refractivity contribution in [1.29, 1.82) is 0 Å². The molecule has 3 heteroatoms. The summed E-state index contributed by atoms with van der Waals surface area (Å²) >= 11 is 0. The topological polar surface area (TPSA) is 43.8 Å². The van der Waals surface area contributed by atoms with Gasteiger partial charge < -0.3 is 10.3 Å². The van der Waals surface area contributed by atoms with E-state index in [-0.39, 0.29) is 0 Å². The smallest absolute Gasteiger partial charge is 0.126 e. The molecule has 3 nitrogen and oxygen atoms in total. The minimum Gasteiger partial charge on any atom is -0.384 e. The highest BCUT2D eigenvalue weighted by Gasteiger charge is 2.28. The molecular weight excluding hydrogens is 246 g/mol. The van der Waals surface area contributed by atoms with E-state index in [1.54, 1.807) is 0 Å². The van der Waals surface area contributed by atoms with E-state index in [1.165, 1.54) is 69.3 Å². The van der Waals surface area contributed by atoms with Gasteiger partial charge in [-0.2, -0.15) is 0 Å². The molecule has 0 saturated heterocycles. The van der Waals surface area contributed by atoms with E-state index in [4.69, 9.17) is 10.7 Å². The summed E-state index contributed by atoms with van der Waals surface area (Å²) < 4.78 is 2.18. The van der Waals surface area contributed by atoms with Crippen LogP contribution in [0.25, 0.3) is 0 Å². The highest BCUT2D eigenvalue weighted by molar-refractivity contribution is 5.41. The van der Waals surface area contributed by atoms with E-state index in [9.17, 15) is 0 Å². The lowest BCUT2D eigenvalue weighted by Gasteiger charge is -2.25. The van der Waals surface area contributed by atoms with E-state index in [1.807, 2.05) is 0 Å². The summed E-state index contributed by atoms with van der Waals surface area (Å²) in [5, 5.41) is 0. The molecule has 112 valence electrons. The Balaban J connectivity index is 1.81. The monoisotopic (exact) mass is 275 g/mol. The first kappa shape index (κ1) is 14.0. The minimum absolute atomic E-state index is 0.606. The van der Waals surface area contributed by atoms with Crippen LogP contribution < -0.4 is 5.73 Å². The lowest BCUT2D eigenvalue weighted by atomic mass is 9.81. The van der Waals surface area contributed by atoms with Crippen molar-refractivity contribution < 1.29 is 0 Å². The number of imidazole rings is 1. The predicted molar refractivity (Wildman–Crippen MR) is 83.8 cm³/mol. The lowest BCUT2D eigenvalue weighted by Crippen LogP contribution is -2.12. The third-order valence-corrected chi connectivity index (χ3v) is 5.58. The first-order valence-corrected chi connectivity index (χ1v) is 8.48. The minimum atomic E-state index is 0.606. The van der Waals surface area contributed by atoms with E-state index in [2.05, 4.69) is 18.5 Å². The summed E-state index contributed by atoms with van der Waals surface area (Å²) in [6.45, 7) is 2.37. The third-order valence-electron chi connectivity index (χ3n) is 5.58. The van der Waals surface area contributed by atoms with E-state index >= 15 is 0 Å². The number of nitrogens with two attached hydrogens (primary N) is 1. The molecule has 0 unspecified atom stereocenters.